The molecule has 1 N–H and O–H groups in total. The second-order valence-corrected chi connectivity index (χ2v) is 5.43. The van der Waals surface area contributed by atoms with Gasteiger partial charge in [-0.25, -0.2) is 0 Å². The Morgan fingerprint density at radius 2 is 2.25 bits per heavy atom. The Hall–Kier alpha value is -1.81. The first-order valence-electron chi connectivity index (χ1n) is 7.06. The van der Waals surface area contributed by atoms with Gasteiger partial charge in [-0.2, -0.15) is 5.10 Å². The molecule has 0 amide bonds. The van der Waals surface area contributed by atoms with Gasteiger partial charge >= 0.3 is 0 Å². The molecule has 0 radical (unpaired) electrons. The van der Waals surface area contributed by atoms with Gasteiger partial charge in [-0.05, 0) is 43.0 Å². The number of aromatic nitrogens is 2. The molecule has 0 fully saturated rings. The summed E-state index contributed by atoms with van der Waals surface area (Å²) < 4.78 is 7.27. The van der Waals surface area contributed by atoms with E-state index in [1.165, 1.54) is 11.1 Å². The summed E-state index contributed by atoms with van der Waals surface area (Å²) in [6, 6.07) is 8.27. The van der Waals surface area contributed by atoms with E-state index in [-0.39, 0.29) is 0 Å². The van der Waals surface area contributed by atoms with Crippen molar-refractivity contribution in [1.82, 2.24) is 9.78 Å². The van der Waals surface area contributed by atoms with Crippen molar-refractivity contribution in [3.63, 3.8) is 0 Å². The normalized spacial score (nSPS) is 14.9. The van der Waals surface area contributed by atoms with E-state index in [2.05, 4.69) is 17.2 Å². The molecule has 3 rings (SSSR count). The Morgan fingerprint density at radius 1 is 1.40 bits per heavy atom. The number of benzene rings is 1. The summed E-state index contributed by atoms with van der Waals surface area (Å²) in [5.74, 6) is 1.01. The number of aliphatic hydroxyl groups is 1. The molecule has 1 aromatic carbocycles. The zero-order valence-corrected chi connectivity index (χ0v) is 12.0. The zero-order valence-electron chi connectivity index (χ0n) is 12.0. The first-order valence-corrected chi connectivity index (χ1v) is 7.06. The van der Waals surface area contributed by atoms with Crippen LogP contribution in [0.4, 0.5) is 0 Å². The number of hydrogen-bond donors (Lipinski definition) is 1. The summed E-state index contributed by atoms with van der Waals surface area (Å²) in [5, 5.41) is 14.6. The maximum absolute atomic E-state index is 10.3. The van der Waals surface area contributed by atoms with E-state index in [0.717, 1.165) is 36.6 Å². The molecule has 106 valence electrons. The number of ether oxygens (including phenoxy) is 1. The fraction of sp³-hybridized carbons (Fsp3) is 0.438. The number of nitrogens with zero attached hydrogens (tertiary/aromatic N) is 2. The SMILES string of the molecule is Cc1cc(C(O)CCc2ccc3c(c2)CCO3)n(C)n1. The Labute approximate surface area is 119 Å². The van der Waals surface area contributed by atoms with E-state index in [0.29, 0.717) is 6.42 Å². The maximum Gasteiger partial charge on any atom is 0.122 e. The zero-order chi connectivity index (χ0) is 14.1. The molecular weight excluding hydrogens is 252 g/mol. The van der Waals surface area contributed by atoms with Crippen molar-refractivity contribution in [2.45, 2.75) is 32.3 Å². The van der Waals surface area contributed by atoms with Crippen LogP contribution in [0.5, 0.6) is 5.75 Å². The van der Waals surface area contributed by atoms with E-state index >= 15 is 0 Å². The molecule has 0 aliphatic carbocycles. The number of hydrogen-bond acceptors (Lipinski definition) is 3. The molecule has 4 nitrogen and oxygen atoms in total. The molecule has 20 heavy (non-hydrogen) atoms. The number of aryl methyl sites for hydroxylation is 3. The smallest absolute Gasteiger partial charge is 0.122 e. The van der Waals surface area contributed by atoms with Crippen molar-refractivity contribution in [1.29, 1.82) is 0 Å². The molecular formula is C16H20N2O2. The lowest BCUT2D eigenvalue weighted by molar-refractivity contribution is 0.158. The van der Waals surface area contributed by atoms with Crippen LogP contribution in [0, 0.1) is 6.92 Å². The van der Waals surface area contributed by atoms with Crippen LogP contribution in [-0.4, -0.2) is 21.5 Å². The van der Waals surface area contributed by atoms with Crippen LogP contribution in [0.25, 0.3) is 0 Å². The first-order chi connectivity index (χ1) is 9.63. The minimum atomic E-state index is -0.467. The number of aliphatic hydroxyl groups excluding tert-OH is 1. The molecule has 0 bridgehead atoms. The van der Waals surface area contributed by atoms with Crippen LogP contribution in [0.15, 0.2) is 24.3 Å². The van der Waals surface area contributed by atoms with Gasteiger partial charge in [-0.1, -0.05) is 12.1 Å². The molecule has 1 aliphatic rings. The molecule has 1 aliphatic heterocycles. The van der Waals surface area contributed by atoms with Gasteiger partial charge < -0.3 is 9.84 Å². The van der Waals surface area contributed by atoms with Gasteiger partial charge in [0.05, 0.1) is 24.1 Å². The fourth-order valence-corrected chi connectivity index (χ4v) is 2.79. The summed E-state index contributed by atoms with van der Waals surface area (Å²) in [6.45, 7) is 2.73. The van der Waals surface area contributed by atoms with Gasteiger partial charge in [0, 0.05) is 13.5 Å². The predicted molar refractivity (Wildman–Crippen MR) is 76.9 cm³/mol. The average Bonchev–Trinajstić information content (AvgIpc) is 3.01. The Kier molecular flexibility index (Phi) is 3.49. The molecule has 2 heterocycles. The molecule has 0 saturated heterocycles. The van der Waals surface area contributed by atoms with E-state index < -0.39 is 6.10 Å². The van der Waals surface area contributed by atoms with Crippen molar-refractivity contribution < 1.29 is 9.84 Å². The molecule has 0 saturated carbocycles. The minimum absolute atomic E-state index is 0.467. The van der Waals surface area contributed by atoms with Gasteiger partial charge in [0.15, 0.2) is 0 Å². The maximum atomic E-state index is 10.3. The average molecular weight is 272 g/mol. The third-order valence-corrected chi connectivity index (χ3v) is 3.84. The quantitative estimate of drug-likeness (QED) is 0.929. The monoisotopic (exact) mass is 272 g/mol. The van der Waals surface area contributed by atoms with Crippen molar-refractivity contribution in [2.75, 3.05) is 6.61 Å². The van der Waals surface area contributed by atoms with Gasteiger partial charge in [-0.15, -0.1) is 0 Å². The van der Waals surface area contributed by atoms with Crippen molar-refractivity contribution in [3.05, 3.63) is 46.8 Å². The standard InChI is InChI=1S/C16H20N2O2/c1-11-9-14(18(2)17-11)15(19)5-3-12-4-6-16-13(10-12)7-8-20-16/h4,6,9-10,15,19H,3,5,7-8H2,1-2H3. The highest BCUT2D eigenvalue weighted by Gasteiger charge is 2.15. The van der Waals surface area contributed by atoms with Gasteiger partial charge in [0.1, 0.15) is 5.75 Å². The molecule has 1 unspecified atom stereocenters. The second-order valence-electron chi connectivity index (χ2n) is 5.43. The topological polar surface area (TPSA) is 47.3 Å². The number of fused-ring (bicyclic) bond motifs is 1. The van der Waals surface area contributed by atoms with Crippen LogP contribution in [0.1, 0.15) is 35.0 Å². The summed E-state index contributed by atoms with van der Waals surface area (Å²) in [7, 11) is 1.87. The lowest BCUT2D eigenvalue weighted by atomic mass is 10.0. The van der Waals surface area contributed by atoms with Crippen LogP contribution in [0.2, 0.25) is 0 Å². The first kappa shape index (κ1) is 13.2. The van der Waals surface area contributed by atoms with Crippen LogP contribution >= 0.6 is 0 Å². The van der Waals surface area contributed by atoms with Crippen LogP contribution in [-0.2, 0) is 19.9 Å². The third-order valence-electron chi connectivity index (χ3n) is 3.84. The number of rotatable bonds is 4. The Bertz CT molecular complexity index is 619. The summed E-state index contributed by atoms with van der Waals surface area (Å²) >= 11 is 0. The van der Waals surface area contributed by atoms with Crippen LogP contribution < -0.4 is 4.74 Å². The van der Waals surface area contributed by atoms with E-state index in [1.54, 1.807) is 4.68 Å². The highest BCUT2D eigenvalue weighted by Crippen LogP contribution is 2.27. The highest BCUT2D eigenvalue weighted by molar-refractivity contribution is 5.39. The van der Waals surface area contributed by atoms with E-state index in [4.69, 9.17) is 4.74 Å². The van der Waals surface area contributed by atoms with Gasteiger partial charge in [-0.3, -0.25) is 4.68 Å². The third kappa shape index (κ3) is 2.56. The second kappa shape index (κ2) is 5.29. The largest absolute Gasteiger partial charge is 0.493 e. The van der Waals surface area contributed by atoms with Gasteiger partial charge in [0.25, 0.3) is 0 Å². The fourth-order valence-electron chi connectivity index (χ4n) is 2.79. The van der Waals surface area contributed by atoms with Gasteiger partial charge in [0.2, 0.25) is 0 Å². The molecule has 1 aromatic heterocycles. The Balaban J connectivity index is 1.66. The predicted octanol–water partition coefficient (Wildman–Crippen LogP) is 2.33. The summed E-state index contributed by atoms with van der Waals surface area (Å²) in [6.07, 6.45) is 2.09. The summed E-state index contributed by atoms with van der Waals surface area (Å²) in [5.41, 5.74) is 4.36. The molecule has 1 atom stereocenters. The molecule has 4 heteroatoms. The van der Waals surface area contributed by atoms with Crippen molar-refractivity contribution in [3.8, 4) is 5.75 Å². The van der Waals surface area contributed by atoms with Crippen molar-refractivity contribution >= 4 is 0 Å². The van der Waals surface area contributed by atoms with Crippen molar-refractivity contribution in [2.24, 2.45) is 7.05 Å². The molecule has 2 aromatic rings. The Morgan fingerprint density at radius 3 is 3.00 bits per heavy atom. The van der Waals surface area contributed by atoms with Crippen LogP contribution in [0.3, 0.4) is 0 Å². The lowest BCUT2D eigenvalue weighted by Gasteiger charge is -2.11. The van der Waals surface area contributed by atoms with E-state index in [9.17, 15) is 5.11 Å². The summed E-state index contributed by atoms with van der Waals surface area (Å²) in [4.78, 5) is 0. The van der Waals surface area contributed by atoms with E-state index in [1.807, 2.05) is 26.1 Å². The molecule has 0 spiro atoms. The highest BCUT2D eigenvalue weighted by atomic mass is 16.5. The minimum Gasteiger partial charge on any atom is -0.493 e. The lowest BCUT2D eigenvalue weighted by Crippen LogP contribution is -2.06.